The number of amides is 2. The first kappa shape index (κ1) is 34.9. The molecule has 0 heterocycles. The highest BCUT2D eigenvalue weighted by Crippen LogP contribution is 2.26. The number of hydrogen-bond donors (Lipinski definition) is 2. The molecule has 5 rings (SSSR count). The minimum atomic E-state index is -3.97. The van der Waals surface area contributed by atoms with Crippen molar-refractivity contribution in [2.45, 2.75) is 24.0 Å². The molecule has 0 unspecified atom stereocenters. The van der Waals surface area contributed by atoms with E-state index in [9.17, 15) is 22.4 Å². The molecule has 0 saturated carbocycles. The van der Waals surface area contributed by atoms with E-state index in [0.29, 0.717) is 16.3 Å². The molecule has 0 bridgehead atoms. The van der Waals surface area contributed by atoms with Gasteiger partial charge in [-0.25, -0.2) is 12.8 Å². The van der Waals surface area contributed by atoms with Crippen molar-refractivity contribution in [1.29, 1.82) is 0 Å². The zero-order chi connectivity index (χ0) is 34.8. The summed E-state index contributed by atoms with van der Waals surface area (Å²) in [6, 6.07) is 32.6. The molecule has 0 saturated heterocycles. The van der Waals surface area contributed by atoms with Crippen LogP contribution in [0.4, 0.5) is 10.1 Å². The molecular weight excluding hydrogens is 669 g/mol. The molecule has 0 aliphatic rings. The first-order valence-electron chi connectivity index (χ1n) is 15.1. The summed E-state index contributed by atoms with van der Waals surface area (Å²) in [4.78, 5) is 29.3. The molecule has 0 aliphatic carbocycles. The normalized spacial score (nSPS) is 11.7. The fourth-order valence-corrected chi connectivity index (χ4v) is 6.22. The highest BCUT2D eigenvalue weighted by molar-refractivity contribution is 7.92. The highest BCUT2D eigenvalue weighted by Gasteiger charge is 2.32. The quantitative estimate of drug-likeness (QED) is 0.132. The van der Waals surface area contributed by atoms with E-state index in [1.807, 2.05) is 30.3 Å². The molecule has 2 N–H and O–H groups in total. The lowest BCUT2D eigenvalue weighted by atomic mass is 10.0. The van der Waals surface area contributed by atoms with Crippen LogP contribution in [-0.4, -0.2) is 38.8 Å². The van der Waals surface area contributed by atoms with Crippen LogP contribution in [0.5, 0.6) is 11.5 Å². The maximum absolute atomic E-state index is 14.0. The third-order valence-corrected chi connectivity index (χ3v) is 9.28. The van der Waals surface area contributed by atoms with Crippen molar-refractivity contribution >= 4 is 39.1 Å². The predicted octanol–water partition coefficient (Wildman–Crippen LogP) is 6.75. The topological polar surface area (TPSA) is 114 Å². The summed E-state index contributed by atoms with van der Waals surface area (Å²) in [6.07, 6.45) is 0. The minimum Gasteiger partial charge on any atom is -0.497 e. The number of nitrogens with zero attached hydrogens (tertiary/aromatic N) is 1. The molecule has 0 aromatic heterocycles. The summed E-state index contributed by atoms with van der Waals surface area (Å²) in [7, 11) is -2.42. The second-order valence-corrected chi connectivity index (χ2v) is 13.0. The van der Waals surface area contributed by atoms with Gasteiger partial charge >= 0.3 is 0 Å². The number of anilines is 1. The molecule has 5 aromatic carbocycles. The number of sulfonamides is 1. The Labute approximate surface area is 289 Å². The molecule has 49 heavy (non-hydrogen) atoms. The van der Waals surface area contributed by atoms with Gasteiger partial charge in [-0.2, -0.15) is 0 Å². The van der Waals surface area contributed by atoms with E-state index in [2.05, 4.69) is 10.0 Å². The van der Waals surface area contributed by atoms with E-state index in [1.165, 1.54) is 41.3 Å². The highest BCUT2D eigenvalue weighted by atomic mass is 35.5. The van der Waals surface area contributed by atoms with Crippen molar-refractivity contribution in [2.75, 3.05) is 18.4 Å². The Bertz CT molecular complexity index is 1980. The van der Waals surface area contributed by atoms with Crippen LogP contribution < -0.4 is 19.5 Å². The average Bonchev–Trinajstić information content (AvgIpc) is 3.12. The maximum atomic E-state index is 14.0. The van der Waals surface area contributed by atoms with Crippen LogP contribution in [0.3, 0.4) is 0 Å². The number of carbonyl (C=O) groups excluding carboxylic acids is 2. The van der Waals surface area contributed by atoms with Crippen molar-refractivity contribution in [1.82, 2.24) is 10.2 Å². The van der Waals surface area contributed by atoms with Gasteiger partial charge in [0.1, 0.15) is 23.4 Å². The largest absolute Gasteiger partial charge is 0.497 e. The fraction of sp³-hybridized carbons (Fsp3) is 0.135. The van der Waals surface area contributed by atoms with Crippen LogP contribution in [-0.2, 0) is 32.7 Å². The second kappa shape index (κ2) is 16.1. The summed E-state index contributed by atoms with van der Waals surface area (Å²) in [5.74, 6) is -0.531. The molecule has 0 radical (unpaired) electrons. The fourth-order valence-electron chi connectivity index (χ4n) is 4.96. The molecule has 0 spiro atoms. The molecule has 5 aromatic rings. The summed E-state index contributed by atoms with van der Waals surface area (Å²) in [6.45, 7) is -0.233. The SMILES string of the molecule is COc1ccc(CN(C(=O)COc2ccc(S(=O)(=O)Nc3ccc(F)cc3)cc2)[C@H](C(=O)NCc2ccccc2Cl)c2ccccc2)cc1. The summed E-state index contributed by atoms with van der Waals surface area (Å²) in [5, 5.41) is 3.44. The van der Waals surface area contributed by atoms with Crippen LogP contribution in [0.15, 0.2) is 132 Å². The van der Waals surface area contributed by atoms with Crippen LogP contribution in [0, 0.1) is 5.82 Å². The second-order valence-electron chi connectivity index (χ2n) is 10.9. The van der Waals surface area contributed by atoms with Gasteiger partial charge in [-0.15, -0.1) is 0 Å². The summed E-state index contributed by atoms with van der Waals surface area (Å²) >= 11 is 6.33. The number of carbonyl (C=O) groups is 2. The number of benzene rings is 5. The first-order valence-corrected chi connectivity index (χ1v) is 17.0. The monoisotopic (exact) mass is 701 g/mol. The van der Waals surface area contributed by atoms with Crippen LogP contribution in [0.25, 0.3) is 0 Å². The lowest BCUT2D eigenvalue weighted by Crippen LogP contribution is -2.45. The Balaban J connectivity index is 1.37. The molecule has 9 nitrogen and oxygen atoms in total. The van der Waals surface area contributed by atoms with Gasteiger partial charge in [0.2, 0.25) is 5.91 Å². The van der Waals surface area contributed by atoms with E-state index in [-0.39, 0.29) is 29.4 Å². The molecular formula is C37H33ClFN3O6S. The maximum Gasteiger partial charge on any atom is 0.261 e. The lowest BCUT2D eigenvalue weighted by molar-refractivity contribution is -0.143. The Kier molecular flexibility index (Phi) is 11.5. The number of ether oxygens (including phenoxy) is 2. The van der Waals surface area contributed by atoms with E-state index < -0.39 is 40.3 Å². The first-order chi connectivity index (χ1) is 23.6. The molecule has 252 valence electrons. The van der Waals surface area contributed by atoms with Gasteiger partial charge in [0.25, 0.3) is 15.9 Å². The van der Waals surface area contributed by atoms with Crippen LogP contribution >= 0.6 is 11.6 Å². The smallest absolute Gasteiger partial charge is 0.261 e. The summed E-state index contributed by atoms with van der Waals surface area (Å²) in [5.41, 5.74) is 2.26. The molecule has 12 heteroatoms. The number of rotatable bonds is 14. The number of methoxy groups -OCH3 is 1. The van der Waals surface area contributed by atoms with E-state index >= 15 is 0 Å². The van der Waals surface area contributed by atoms with Crippen LogP contribution in [0.2, 0.25) is 5.02 Å². The van der Waals surface area contributed by atoms with Gasteiger partial charge < -0.3 is 19.7 Å². The third-order valence-electron chi connectivity index (χ3n) is 7.51. The van der Waals surface area contributed by atoms with Gasteiger partial charge in [0.15, 0.2) is 6.61 Å². The number of nitrogens with one attached hydrogen (secondary N) is 2. The van der Waals surface area contributed by atoms with Gasteiger partial charge in [-0.05, 0) is 83.4 Å². The van der Waals surface area contributed by atoms with Crippen molar-refractivity contribution in [3.63, 3.8) is 0 Å². The Morgan fingerprint density at radius 2 is 1.45 bits per heavy atom. The van der Waals surface area contributed by atoms with Gasteiger partial charge in [-0.3, -0.25) is 14.3 Å². The van der Waals surface area contributed by atoms with Crippen LogP contribution in [0.1, 0.15) is 22.7 Å². The third kappa shape index (κ3) is 9.37. The van der Waals surface area contributed by atoms with E-state index in [4.69, 9.17) is 21.1 Å². The average molecular weight is 702 g/mol. The molecule has 1 atom stereocenters. The van der Waals surface area contributed by atoms with E-state index in [0.717, 1.165) is 23.3 Å². The van der Waals surface area contributed by atoms with Crippen molar-refractivity contribution in [3.8, 4) is 11.5 Å². The Morgan fingerprint density at radius 3 is 2.10 bits per heavy atom. The zero-order valence-electron chi connectivity index (χ0n) is 26.4. The predicted molar refractivity (Wildman–Crippen MR) is 185 cm³/mol. The Hall–Kier alpha value is -5.39. The molecule has 0 fully saturated rings. The van der Waals surface area contributed by atoms with Crippen molar-refractivity contribution in [2.24, 2.45) is 0 Å². The zero-order valence-corrected chi connectivity index (χ0v) is 28.0. The van der Waals surface area contributed by atoms with Crippen molar-refractivity contribution < 1.29 is 31.9 Å². The van der Waals surface area contributed by atoms with Gasteiger partial charge in [0, 0.05) is 23.8 Å². The number of halogens is 2. The minimum absolute atomic E-state index is 0.0593. The van der Waals surface area contributed by atoms with Gasteiger partial charge in [-0.1, -0.05) is 72.3 Å². The molecule has 2 amide bonds. The summed E-state index contributed by atoms with van der Waals surface area (Å²) < 4.78 is 52.4. The Morgan fingerprint density at radius 1 is 0.816 bits per heavy atom. The van der Waals surface area contributed by atoms with Crippen molar-refractivity contribution in [3.05, 3.63) is 155 Å². The molecule has 0 aliphatic heterocycles. The standard InChI is InChI=1S/C37H33ClFN3O6S/c1-47-31-17-11-26(12-18-31)24-42(36(27-7-3-2-4-8-27)37(44)40-23-28-9-5-6-10-34(28)38)35(43)25-48-32-19-21-33(22-20-32)49(45,46)41-30-15-13-29(39)14-16-30/h2-22,36,41H,23-25H2,1H3,(H,40,44)/t36-/m0/s1. The van der Waals surface area contributed by atoms with E-state index in [1.54, 1.807) is 55.6 Å². The lowest BCUT2D eigenvalue weighted by Gasteiger charge is -2.31. The number of hydrogen-bond acceptors (Lipinski definition) is 6. The van der Waals surface area contributed by atoms with Gasteiger partial charge in [0.05, 0.1) is 12.0 Å².